The number of amides is 1. The van der Waals surface area contributed by atoms with Crippen LogP contribution in [0.5, 0.6) is 0 Å². The van der Waals surface area contributed by atoms with Crippen molar-refractivity contribution in [2.75, 3.05) is 5.75 Å². The first-order valence-corrected chi connectivity index (χ1v) is 6.96. The number of halogens is 1. The van der Waals surface area contributed by atoms with Crippen molar-refractivity contribution in [3.05, 3.63) is 30.1 Å². The highest BCUT2D eigenvalue weighted by molar-refractivity contribution is 8.00. The van der Waals surface area contributed by atoms with Gasteiger partial charge in [-0.15, -0.1) is 11.8 Å². The summed E-state index contributed by atoms with van der Waals surface area (Å²) in [4.78, 5) is 12.0. The fourth-order valence-corrected chi connectivity index (χ4v) is 2.51. The number of carbonyl (C=O) groups excluding carboxylic acids is 1. The lowest BCUT2D eigenvalue weighted by Crippen LogP contribution is -2.21. The zero-order valence-electron chi connectivity index (χ0n) is 9.99. The first-order valence-electron chi connectivity index (χ1n) is 5.97. The summed E-state index contributed by atoms with van der Waals surface area (Å²) in [5, 5.41) is 4.07. The highest BCUT2D eigenvalue weighted by atomic mass is 32.2. The van der Waals surface area contributed by atoms with E-state index >= 15 is 0 Å². The van der Waals surface area contributed by atoms with Crippen LogP contribution >= 0.6 is 11.8 Å². The Morgan fingerprint density at radius 3 is 2.78 bits per heavy atom. The molecule has 1 aliphatic rings. The molecule has 18 heavy (non-hydrogen) atoms. The van der Waals surface area contributed by atoms with E-state index in [1.807, 2.05) is 0 Å². The van der Waals surface area contributed by atoms with Crippen molar-refractivity contribution in [3.8, 4) is 0 Å². The molecule has 0 aromatic heterocycles. The van der Waals surface area contributed by atoms with E-state index in [4.69, 9.17) is 0 Å². The van der Waals surface area contributed by atoms with Gasteiger partial charge in [-0.05, 0) is 37.8 Å². The van der Waals surface area contributed by atoms with Crippen LogP contribution in [0.15, 0.2) is 34.3 Å². The van der Waals surface area contributed by atoms with Crippen LogP contribution in [0.1, 0.15) is 25.7 Å². The smallest absolute Gasteiger partial charge is 0.250 e. The van der Waals surface area contributed by atoms with Crippen molar-refractivity contribution < 1.29 is 9.18 Å². The lowest BCUT2D eigenvalue weighted by atomic mass is 10.3. The summed E-state index contributed by atoms with van der Waals surface area (Å²) in [7, 11) is 0. The van der Waals surface area contributed by atoms with E-state index in [2.05, 4.69) is 10.5 Å². The summed E-state index contributed by atoms with van der Waals surface area (Å²) >= 11 is 1.18. The predicted octanol–water partition coefficient (Wildman–Crippen LogP) is 2.96. The second-order valence-electron chi connectivity index (χ2n) is 4.14. The maximum Gasteiger partial charge on any atom is 0.250 e. The van der Waals surface area contributed by atoms with Crippen LogP contribution < -0.4 is 5.43 Å². The third-order valence-electron chi connectivity index (χ3n) is 2.71. The van der Waals surface area contributed by atoms with Gasteiger partial charge in [0.2, 0.25) is 5.91 Å². The quantitative estimate of drug-likeness (QED) is 0.672. The minimum atomic E-state index is -0.294. The van der Waals surface area contributed by atoms with Gasteiger partial charge in [-0.3, -0.25) is 4.79 Å². The second kappa shape index (κ2) is 6.54. The number of nitrogens with one attached hydrogen (secondary N) is 1. The number of hydrogen-bond donors (Lipinski definition) is 1. The Hall–Kier alpha value is -1.36. The SMILES string of the molecule is O=C(CSc1ccccc1F)NN=C1CCCC1. The largest absolute Gasteiger partial charge is 0.272 e. The topological polar surface area (TPSA) is 41.5 Å². The van der Waals surface area contributed by atoms with E-state index in [9.17, 15) is 9.18 Å². The zero-order chi connectivity index (χ0) is 12.8. The minimum Gasteiger partial charge on any atom is -0.272 e. The number of nitrogens with zero attached hydrogens (tertiary/aromatic N) is 1. The highest BCUT2D eigenvalue weighted by Gasteiger charge is 2.09. The average molecular weight is 266 g/mol. The summed E-state index contributed by atoms with van der Waals surface area (Å²) in [6, 6.07) is 6.43. The van der Waals surface area contributed by atoms with Crippen molar-refractivity contribution >= 4 is 23.4 Å². The molecular weight excluding hydrogens is 251 g/mol. The molecule has 96 valence electrons. The molecule has 1 amide bonds. The molecule has 1 N–H and O–H groups in total. The summed E-state index contributed by atoms with van der Waals surface area (Å²) in [5.41, 5.74) is 3.57. The summed E-state index contributed by atoms with van der Waals surface area (Å²) in [6.45, 7) is 0. The van der Waals surface area contributed by atoms with Crippen LogP contribution in [-0.4, -0.2) is 17.4 Å². The van der Waals surface area contributed by atoms with E-state index < -0.39 is 0 Å². The third-order valence-corrected chi connectivity index (χ3v) is 3.76. The molecule has 1 fully saturated rings. The van der Waals surface area contributed by atoms with Crippen LogP contribution in [0.4, 0.5) is 4.39 Å². The molecule has 1 saturated carbocycles. The van der Waals surface area contributed by atoms with E-state index in [0.717, 1.165) is 31.4 Å². The van der Waals surface area contributed by atoms with Crippen molar-refractivity contribution in [1.82, 2.24) is 5.43 Å². The molecule has 5 heteroatoms. The molecule has 0 spiro atoms. The predicted molar refractivity (Wildman–Crippen MR) is 71.2 cm³/mol. The molecule has 0 atom stereocenters. The van der Waals surface area contributed by atoms with Gasteiger partial charge >= 0.3 is 0 Å². The molecule has 0 bridgehead atoms. The molecular formula is C13H15FN2OS. The number of thioether (sulfide) groups is 1. The van der Waals surface area contributed by atoms with Gasteiger partial charge in [-0.2, -0.15) is 5.10 Å². The van der Waals surface area contributed by atoms with Crippen LogP contribution in [0, 0.1) is 5.82 Å². The molecule has 3 nitrogen and oxygen atoms in total. The molecule has 0 radical (unpaired) electrons. The monoisotopic (exact) mass is 266 g/mol. The lowest BCUT2D eigenvalue weighted by Gasteiger charge is -2.02. The van der Waals surface area contributed by atoms with Crippen molar-refractivity contribution in [1.29, 1.82) is 0 Å². The van der Waals surface area contributed by atoms with Gasteiger partial charge in [0, 0.05) is 10.6 Å². The van der Waals surface area contributed by atoms with Crippen LogP contribution in [0.25, 0.3) is 0 Å². The Bertz CT molecular complexity index is 454. The van der Waals surface area contributed by atoms with Gasteiger partial charge in [0.25, 0.3) is 0 Å². The van der Waals surface area contributed by atoms with Gasteiger partial charge in [-0.1, -0.05) is 12.1 Å². The normalized spacial score (nSPS) is 14.6. The Morgan fingerprint density at radius 1 is 1.33 bits per heavy atom. The molecule has 0 unspecified atom stereocenters. The minimum absolute atomic E-state index is 0.178. The molecule has 2 rings (SSSR count). The maximum absolute atomic E-state index is 13.3. The first kappa shape index (κ1) is 13.1. The molecule has 0 heterocycles. The van der Waals surface area contributed by atoms with E-state index in [1.54, 1.807) is 18.2 Å². The van der Waals surface area contributed by atoms with Crippen LogP contribution in [0.3, 0.4) is 0 Å². The third kappa shape index (κ3) is 3.84. The van der Waals surface area contributed by atoms with Crippen LogP contribution in [0.2, 0.25) is 0 Å². The Kier molecular flexibility index (Phi) is 4.75. The zero-order valence-corrected chi connectivity index (χ0v) is 10.8. The van der Waals surface area contributed by atoms with Gasteiger partial charge in [0.05, 0.1) is 5.75 Å². The number of hydrogen-bond acceptors (Lipinski definition) is 3. The van der Waals surface area contributed by atoms with Crippen molar-refractivity contribution in [2.24, 2.45) is 5.10 Å². The standard InChI is InChI=1S/C13H15FN2OS/c14-11-7-3-4-8-12(11)18-9-13(17)16-15-10-5-1-2-6-10/h3-4,7-8H,1-2,5-6,9H2,(H,16,17). The fraction of sp³-hybridized carbons (Fsp3) is 0.385. The van der Waals surface area contributed by atoms with E-state index in [1.165, 1.54) is 17.8 Å². The second-order valence-corrected chi connectivity index (χ2v) is 5.16. The molecule has 0 aliphatic heterocycles. The van der Waals surface area contributed by atoms with Gasteiger partial charge < -0.3 is 0 Å². The first-order chi connectivity index (χ1) is 8.75. The van der Waals surface area contributed by atoms with Gasteiger partial charge in [0.1, 0.15) is 5.82 Å². The summed E-state index contributed by atoms with van der Waals surface area (Å²) in [6.07, 6.45) is 4.25. The lowest BCUT2D eigenvalue weighted by molar-refractivity contribution is -0.118. The number of carbonyl (C=O) groups is 1. The molecule has 1 aliphatic carbocycles. The molecule has 1 aromatic carbocycles. The maximum atomic E-state index is 13.3. The number of benzene rings is 1. The number of hydrazone groups is 1. The summed E-state index contributed by atoms with van der Waals surface area (Å²) in [5.74, 6) is -0.308. The van der Waals surface area contributed by atoms with Gasteiger partial charge in [0.15, 0.2) is 0 Å². The molecule has 1 aromatic rings. The average Bonchev–Trinajstić information content (AvgIpc) is 2.88. The van der Waals surface area contributed by atoms with Gasteiger partial charge in [-0.25, -0.2) is 9.82 Å². The van der Waals surface area contributed by atoms with Crippen molar-refractivity contribution in [3.63, 3.8) is 0 Å². The van der Waals surface area contributed by atoms with E-state index in [0.29, 0.717) is 4.90 Å². The van der Waals surface area contributed by atoms with Crippen molar-refractivity contribution in [2.45, 2.75) is 30.6 Å². The van der Waals surface area contributed by atoms with Crippen LogP contribution in [-0.2, 0) is 4.79 Å². The highest BCUT2D eigenvalue weighted by Crippen LogP contribution is 2.20. The number of rotatable bonds is 4. The molecule has 0 saturated heterocycles. The van der Waals surface area contributed by atoms with E-state index in [-0.39, 0.29) is 17.5 Å². The fourth-order valence-electron chi connectivity index (χ4n) is 1.77. The summed E-state index contributed by atoms with van der Waals surface area (Å²) < 4.78 is 13.3. The Labute approximate surface area is 110 Å². The Balaban J connectivity index is 1.78. The Morgan fingerprint density at radius 2 is 2.06 bits per heavy atom.